The Morgan fingerprint density at radius 3 is 2.46 bits per heavy atom. The monoisotopic (exact) mass is 373 g/mol. The molecule has 142 valence electrons. The van der Waals surface area contributed by atoms with Crippen molar-refractivity contribution < 1.29 is 9.90 Å². The SMILES string of the molecule is O=C(O)c1cnc(N2CCCC2c2ccccc2)nc1CCc1ccccc1. The molecular formula is C23H23N3O2. The summed E-state index contributed by atoms with van der Waals surface area (Å²) >= 11 is 0. The summed E-state index contributed by atoms with van der Waals surface area (Å²) in [5.74, 6) is -0.352. The van der Waals surface area contributed by atoms with Gasteiger partial charge in [-0.2, -0.15) is 0 Å². The fraction of sp³-hybridized carbons (Fsp3) is 0.261. The molecule has 2 aromatic carbocycles. The number of hydrogen-bond acceptors (Lipinski definition) is 4. The fourth-order valence-corrected chi connectivity index (χ4v) is 3.85. The molecule has 1 saturated heterocycles. The van der Waals surface area contributed by atoms with Gasteiger partial charge in [-0.15, -0.1) is 0 Å². The lowest BCUT2D eigenvalue weighted by molar-refractivity contribution is 0.0694. The van der Waals surface area contributed by atoms with Crippen LogP contribution in [0.25, 0.3) is 0 Å². The molecule has 28 heavy (non-hydrogen) atoms. The number of rotatable bonds is 6. The lowest BCUT2D eigenvalue weighted by Crippen LogP contribution is -2.25. The van der Waals surface area contributed by atoms with Gasteiger partial charge in [0.1, 0.15) is 0 Å². The lowest BCUT2D eigenvalue weighted by Gasteiger charge is -2.25. The van der Waals surface area contributed by atoms with Gasteiger partial charge in [-0.3, -0.25) is 0 Å². The van der Waals surface area contributed by atoms with E-state index in [1.54, 1.807) is 0 Å². The predicted octanol–water partition coefficient (Wildman–Crippen LogP) is 4.30. The van der Waals surface area contributed by atoms with Gasteiger partial charge in [-0.05, 0) is 36.8 Å². The summed E-state index contributed by atoms with van der Waals surface area (Å²) in [5.41, 5.74) is 3.20. The van der Waals surface area contributed by atoms with E-state index in [9.17, 15) is 9.90 Å². The summed E-state index contributed by atoms with van der Waals surface area (Å²) in [6.07, 6.45) is 4.91. The van der Waals surface area contributed by atoms with Crippen LogP contribution in [0.2, 0.25) is 0 Å². The van der Waals surface area contributed by atoms with Crippen LogP contribution in [0.5, 0.6) is 0 Å². The van der Waals surface area contributed by atoms with Crippen molar-refractivity contribution >= 4 is 11.9 Å². The van der Waals surface area contributed by atoms with Crippen LogP contribution in [-0.2, 0) is 12.8 Å². The molecule has 0 bridgehead atoms. The van der Waals surface area contributed by atoms with E-state index in [1.165, 1.54) is 17.3 Å². The van der Waals surface area contributed by atoms with Crippen molar-refractivity contribution in [1.29, 1.82) is 0 Å². The largest absolute Gasteiger partial charge is 0.478 e. The van der Waals surface area contributed by atoms with E-state index in [0.717, 1.165) is 25.8 Å². The number of aryl methyl sites for hydroxylation is 2. The zero-order valence-corrected chi connectivity index (χ0v) is 15.7. The van der Waals surface area contributed by atoms with Gasteiger partial charge in [0.05, 0.1) is 17.3 Å². The van der Waals surface area contributed by atoms with Crippen molar-refractivity contribution in [3.05, 3.63) is 89.2 Å². The summed E-state index contributed by atoms with van der Waals surface area (Å²) in [4.78, 5) is 23.0. The lowest BCUT2D eigenvalue weighted by atomic mass is 10.0. The highest BCUT2D eigenvalue weighted by atomic mass is 16.4. The minimum absolute atomic E-state index is 0.190. The average molecular weight is 373 g/mol. The van der Waals surface area contributed by atoms with Gasteiger partial charge in [0.25, 0.3) is 0 Å². The van der Waals surface area contributed by atoms with Crippen molar-refractivity contribution in [2.75, 3.05) is 11.4 Å². The number of aromatic carboxylic acids is 1. The predicted molar refractivity (Wildman–Crippen MR) is 109 cm³/mol. The van der Waals surface area contributed by atoms with Crippen LogP contribution >= 0.6 is 0 Å². The van der Waals surface area contributed by atoms with Crippen LogP contribution in [-0.4, -0.2) is 27.6 Å². The van der Waals surface area contributed by atoms with Crippen LogP contribution < -0.4 is 4.90 Å². The van der Waals surface area contributed by atoms with E-state index < -0.39 is 5.97 Å². The van der Waals surface area contributed by atoms with Crippen molar-refractivity contribution in [2.45, 2.75) is 31.7 Å². The standard InChI is InChI=1S/C23H23N3O2/c27-22(28)19-16-24-23(25-20(19)14-13-17-8-3-1-4-9-17)26-15-7-12-21(26)18-10-5-2-6-11-18/h1-6,8-11,16,21H,7,12-15H2,(H,27,28). The molecule has 3 aromatic rings. The van der Waals surface area contributed by atoms with Gasteiger partial charge >= 0.3 is 5.97 Å². The first-order valence-electron chi connectivity index (χ1n) is 9.67. The number of carboxylic acid groups (broad SMARTS) is 1. The zero-order valence-electron chi connectivity index (χ0n) is 15.7. The zero-order chi connectivity index (χ0) is 19.3. The number of nitrogens with zero attached hydrogens (tertiary/aromatic N) is 3. The van der Waals surface area contributed by atoms with E-state index in [-0.39, 0.29) is 11.6 Å². The highest BCUT2D eigenvalue weighted by molar-refractivity contribution is 5.88. The van der Waals surface area contributed by atoms with Crippen molar-refractivity contribution in [3.63, 3.8) is 0 Å². The molecule has 5 nitrogen and oxygen atoms in total. The second-order valence-corrected chi connectivity index (χ2v) is 7.08. The summed E-state index contributed by atoms with van der Waals surface area (Å²) in [5, 5.41) is 9.56. The Morgan fingerprint density at radius 2 is 1.75 bits per heavy atom. The van der Waals surface area contributed by atoms with Crippen LogP contribution in [0.3, 0.4) is 0 Å². The van der Waals surface area contributed by atoms with Gasteiger partial charge in [0.15, 0.2) is 0 Å². The third kappa shape index (κ3) is 3.88. The number of aromatic nitrogens is 2. The molecule has 5 heteroatoms. The fourth-order valence-electron chi connectivity index (χ4n) is 3.85. The van der Waals surface area contributed by atoms with E-state index in [2.05, 4.69) is 34.1 Å². The summed E-state index contributed by atoms with van der Waals surface area (Å²) in [6, 6.07) is 20.7. The molecule has 1 fully saturated rings. The molecular weight excluding hydrogens is 350 g/mol. The first kappa shape index (κ1) is 18.2. The highest BCUT2D eigenvalue weighted by Crippen LogP contribution is 2.34. The molecule has 2 heterocycles. The first-order chi connectivity index (χ1) is 13.7. The van der Waals surface area contributed by atoms with Gasteiger partial charge in [0, 0.05) is 12.7 Å². The second-order valence-electron chi connectivity index (χ2n) is 7.08. The molecule has 0 radical (unpaired) electrons. The van der Waals surface area contributed by atoms with E-state index in [1.807, 2.05) is 36.4 Å². The Hall–Kier alpha value is -3.21. The maximum Gasteiger partial charge on any atom is 0.339 e. The minimum atomic E-state index is -0.976. The quantitative estimate of drug-likeness (QED) is 0.698. The van der Waals surface area contributed by atoms with Crippen molar-refractivity contribution in [2.24, 2.45) is 0 Å². The Kier molecular flexibility index (Phi) is 5.33. The van der Waals surface area contributed by atoms with E-state index >= 15 is 0 Å². The Balaban J connectivity index is 1.61. The highest BCUT2D eigenvalue weighted by Gasteiger charge is 2.28. The third-order valence-corrected chi connectivity index (χ3v) is 5.27. The normalized spacial score (nSPS) is 16.3. The minimum Gasteiger partial charge on any atom is -0.478 e. The molecule has 1 N–H and O–H groups in total. The van der Waals surface area contributed by atoms with Crippen LogP contribution in [0.4, 0.5) is 5.95 Å². The van der Waals surface area contributed by atoms with Crippen LogP contribution in [0, 0.1) is 0 Å². The Morgan fingerprint density at radius 1 is 1.04 bits per heavy atom. The first-order valence-corrected chi connectivity index (χ1v) is 9.67. The molecule has 0 aliphatic carbocycles. The molecule has 1 unspecified atom stereocenters. The van der Waals surface area contributed by atoms with Crippen molar-refractivity contribution in [1.82, 2.24) is 9.97 Å². The van der Waals surface area contributed by atoms with Crippen LogP contribution in [0.15, 0.2) is 66.9 Å². The van der Waals surface area contributed by atoms with Crippen LogP contribution in [0.1, 0.15) is 46.1 Å². The number of carbonyl (C=O) groups is 1. The molecule has 0 amide bonds. The average Bonchev–Trinajstić information content (AvgIpc) is 3.23. The summed E-state index contributed by atoms with van der Waals surface area (Å²) < 4.78 is 0. The second kappa shape index (κ2) is 8.21. The number of anilines is 1. The number of benzene rings is 2. The van der Waals surface area contributed by atoms with Crippen molar-refractivity contribution in [3.8, 4) is 0 Å². The molecule has 1 atom stereocenters. The van der Waals surface area contributed by atoms with E-state index in [0.29, 0.717) is 18.1 Å². The summed E-state index contributed by atoms with van der Waals surface area (Å²) in [6.45, 7) is 0.879. The number of hydrogen-bond donors (Lipinski definition) is 1. The molecule has 1 aliphatic heterocycles. The van der Waals surface area contributed by atoms with Gasteiger partial charge in [-0.1, -0.05) is 60.7 Å². The Bertz CT molecular complexity index is 945. The van der Waals surface area contributed by atoms with Gasteiger partial charge in [0.2, 0.25) is 5.95 Å². The van der Waals surface area contributed by atoms with Gasteiger partial charge in [-0.25, -0.2) is 14.8 Å². The third-order valence-electron chi connectivity index (χ3n) is 5.27. The molecule has 0 saturated carbocycles. The maximum atomic E-state index is 11.7. The molecule has 1 aromatic heterocycles. The van der Waals surface area contributed by atoms with Gasteiger partial charge < -0.3 is 10.0 Å². The molecule has 1 aliphatic rings. The molecule has 0 spiro atoms. The smallest absolute Gasteiger partial charge is 0.339 e. The Labute approximate surface area is 164 Å². The summed E-state index contributed by atoms with van der Waals surface area (Å²) in [7, 11) is 0. The molecule has 4 rings (SSSR count). The number of carboxylic acids is 1. The maximum absolute atomic E-state index is 11.7. The topological polar surface area (TPSA) is 66.3 Å². The van der Waals surface area contributed by atoms with E-state index in [4.69, 9.17) is 4.98 Å².